The third kappa shape index (κ3) is 3.22. The van der Waals surface area contributed by atoms with E-state index in [1.54, 1.807) is 30.3 Å². The number of carbonyl (C=O) groups excluding carboxylic acids is 2. The molecule has 12 nitrogen and oxygen atoms in total. The number of nitrogens with one attached hydrogen (secondary N) is 3. The monoisotopic (exact) mass is 446 g/mol. The van der Waals surface area contributed by atoms with E-state index in [0.29, 0.717) is 0 Å². The quantitative estimate of drug-likeness (QED) is 0.145. The van der Waals surface area contributed by atoms with E-state index in [2.05, 4.69) is 20.9 Å². The minimum absolute atomic E-state index is 0.0153. The second-order valence-corrected chi connectivity index (χ2v) is 9.19. The minimum atomic E-state index is -2.69. The Kier molecular flexibility index (Phi) is 4.82. The number of aliphatic hydroxyl groups is 2. The van der Waals surface area contributed by atoms with E-state index < -0.39 is 47.1 Å². The average Bonchev–Trinajstić information content (AvgIpc) is 3.16. The van der Waals surface area contributed by atoms with Gasteiger partial charge in [0.15, 0.2) is 24.1 Å². The van der Waals surface area contributed by atoms with Crippen LogP contribution in [0.15, 0.2) is 35.3 Å². The predicted molar refractivity (Wildman–Crippen MR) is 113 cm³/mol. The van der Waals surface area contributed by atoms with Gasteiger partial charge in [0.2, 0.25) is 5.66 Å². The van der Waals surface area contributed by atoms with Crippen molar-refractivity contribution in [3.8, 4) is 0 Å². The van der Waals surface area contributed by atoms with Crippen LogP contribution in [0.5, 0.6) is 0 Å². The first-order valence-electron chi connectivity index (χ1n) is 10.2. The number of carbonyl (C=O) groups is 2. The van der Waals surface area contributed by atoms with Crippen molar-refractivity contribution in [2.75, 3.05) is 6.54 Å². The number of hydrogen-bond acceptors (Lipinski definition) is 10. The average molecular weight is 446 g/mol. The highest BCUT2D eigenvalue weighted by molar-refractivity contribution is 5.92. The lowest BCUT2D eigenvalue weighted by atomic mass is 9.85. The molecule has 1 unspecified atom stereocenters. The molecule has 3 heterocycles. The summed E-state index contributed by atoms with van der Waals surface area (Å²) < 4.78 is 6.84. The highest BCUT2D eigenvalue weighted by Crippen LogP contribution is 2.42. The van der Waals surface area contributed by atoms with Crippen LogP contribution in [0.25, 0.3) is 0 Å². The van der Waals surface area contributed by atoms with E-state index in [0.717, 1.165) is 0 Å². The fourth-order valence-corrected chi connectivity index (χ4v) is 4.43. The number of rotatable bonds is 3. The molecular weight excluding hydrogens is 418 g/mol. The zero-order chi connectivity index (χ0) is 23.5. The molecule has 3 aliphatic heterocycles. The number of nitrogens with zero attached hydrogens (tertiary/aromatic N) is 2. The first-order chi connectivity index (χ1) is 14.9. The van der Waals surface area contributed by atoms with Gasteiger partial charge in [-0.15, -0.1) is 0 Å². The third-order valence-electron chi connectivity index (χ3n) is 5.76. The van der Waals surface area contributed by atoms with E-state index in [9.17, 15) is 19.8 Å². The molecule has 1 amide bonds. The van der Waals surface area contributed by atoms with Crippen LogP contribution in [0.2, 0.25) is 0 Å². The second-order valence-electron chi connectivity index (χ2n) is 9.19. The largest absolute Gasteiger partial charge is 0.449 e. The predicted octanol–water partition coefficient (Wildman–Crippen LogP) is -2.90. The molecule has 12 heteroatoms. The summed E-state index contributed by atoms with van der Waals surface area (Å²) in [4.78, 5) is 29.9. The summed E-state index contributed by atoms with van der Waals surface area (Å²) in [5, 5.41) is 31.1. The van der Waals surface area contributed by atoms with Gasteiger partial charge < -0.3 is 31.3 Å². The number of esters is 1. The summed E-state index contributed by atoms with van der Waals surface area (Å²) in [6.07, 6.45) is -1.42. The van der Waals surface area contributed by atoms with Crippen molar-refractivity contribution in [1.29, 1.82) is 0 Å². The molecule has 4 rings (SSSR count). The zero-order valence-electron chi connectivity index (χ0n) is 18.0. The summed E-state index contributed by atoms with van der Waals surface area (Å²) in [6.45, 7) is 5.25. The maximum Gasteiger partial charge on any atom is 0.346 e. The van der Waals surface area contributed by atoms with E-state index in [-0.39, 0.29) is 24.0 Å². The molecule has 0 radical (unpaired) electrons. The van der Waals surface area contributed by atoms with Crippen molar-refractivity contribution in [2.45, 2.75) is 55.9 Å². The number of amides is 1. The van der Waals surface area contributed by atoms with Gasteiger partial charge in [-0.05, 0) is 32.9 Å². The molecule has 1 spiro atoms. The van der Waals surface area contributed by atoms with Crippen LogP contribution >= 0.6 is 0 Å². The third-order valence-corrected chi connectivity index (χ3v) is 5.76. The van der Waals surface area contributed by atoms with E-state index in [1.807, 2.05) is 20.8 Å². The smallest absolute Gasteiger partial charge is 0.346 e. The van der Waals surface area contributed by atoms with Crippen molar-refractivity contribution in [3.05, 3.63) is 35.9 Å². The van der Waals surface area contributed by atoms with Crippen LogP contribution in [-0.2, 0) is 9.53 Å². The SMILES string of the molecule is CC(C)(C)NC(=O)C1NC(N)=[N+]2C[C@H](OC(=O)c3ccccc3)C(O)(O)[C@@]23NC(N)=N[C@@H]13. The summed E-state index contributed by atoms with van der Waals surface area (Å²) >= 11 is 0. The summed E-state index contributed by atoms with van der Waals surface area (Å²) in [5.74, 6) is -4.01. The molecule has 1 saturated heterocycles. The molecule has 1 aromatic rings. The molecule has 172 valence electrons. The first-order valence-corrected chi connectivity index (χ1v) is 10.2. The lowest BCUT2D eigenvalue weighted by Crippen LogP contribution is -2.80. The maximum absolute atomic E-state index is 13.0. The Morgan fingerprint density at radius 1 is 1.25 bits per heavy atom. The summed E-state index contributed by atoms with van der Waals surface area (Å²) in [7, 11) is 0. The number of hydrogen-bond donors (Lipinski definition) is 7. The highest BCUT2D eigenvalue weighted by atomic mass is 16.6. The Labute approximate surface area is 184 Å². The van der Waals surface area contributed by atoms with Gasteiger partial charge >= 0.3 is 11.9 Å². The topological polar surface area (TPSA) is 187 Å². The molecule has 32 heavy (non-hydrogen) atoms. The van der Waals surface area contributed by atoms with Gasteiger partial charge in [0, 0.05) is 5.54 Å². The first kappa shape index (κ1) is 21.8. The molecule has 9 N–H and O–H groups in total. The fraction of sp³-hybridized carbons (Fsp3) is 0.500. The van der Waals surface area contributed by atoms with Gasteiger partial charge in [0.25, 0.3) is 11.7 Å². The van der Waals surface area contributed by atoms with E-state index in [1.165, 1.54) is 4.58 Å². The number of aliphatic imine (C=N–C) groups is 1. The number of ether oxygens (including phenoxy) is 1. The molecule has 3 aliphatic rings. The van der Waals surface area contributed by atoms with Crippen molar-refractivity contribution in [3.63, 3.8) is 0 Å². The van der Waals surface area contributed by atoms with E-state index in [4.69, 9.17) is 16.2 Å². The Bertz CT molecular complexity index is 1020. The van der Waals surface area contributed by atoms with E-state index >= 15 is 0 Å². The minimum Gasteiger partial charge on any atom is -0.449 e. The Balaban J connectivity index is 1.70. The lowest BCUT2D eigenvalue weighted by molar-refractivity contribution is -0.622. The second kappa shape index (κ2) is 7.07. The molecule has 0 aromatic heterocycles. The van der Waals surface area contributed by atoms with Crippen LogP contribution in [0.3, 0.4) is 0 Å². The van der Waals surface area contributed by atoms with Gasteiger partial charge in [0.1, 0.15) is 6.54 Å². The molecule has 1 aromatic carbocycles. The Hall–Kier alpha value is -3.38. The Morgan fingerprint density at radius 2 is 1.91 bits per heavy atom. The molecule has 0 aliphatic carbocycles. The normalized spacial score (nSPS) is 30.4. The van der Waals surface area contributed by atoms with Gasteiger partial charge in [-0.25, -0.2) is 14.4 Å². The molecule has 0 saturated carbocycles. The van der Waals surface area contributed by atoms with Crippen molar-refractivity contribution < 1.29 is 29.1 Å². The fourth-order valence-electron chi connectivity index (χ4n) is 4.43. The molecule has 0 bridgehead atoms. The lowest BCUT2D eigenvalue weighted by Gasteiger charge is -2.43. The van der Waals surface area contributed by atoms with Crippen LogP contribution in [-0.4, -0.2) is 80.3 Å². The number of guanidine groups is 2. The molecular formula is C20H28N7O5+. The van der Waals surface area contributed by atoms with Crippen LogP contribution in [0.4, 0.5) is 0 Å². The van der Waals surface area contributed by atoms with Crippen LogP contribution in [0.1, 0.15) is 31.1 Å². The maximum atomic E-state index is 13.0. The van der Waals surface area contributed by atoms with Gasteiger partial charge in [0.05, 0.1) is 5.56 Å². The number of benzene rings is 1. The van der Waals surface area contributed by atoms with Gasteiger partial charge in [-0.2, -0.15) is 0 Å². The van der Waals surface area contributed by atoms with Crippen LogP contribution in [0, 0.1) is 0 Å². The standard InChI is InChI=1S/C20H27N7O5/c1-18(2,3)25-14(28)12-13-19(26-16(21)24-13)20(30,31)11(9-27(19)17(22)23-12)32-15(29)10-7-5-4-6-8-10/h4-8,11-13,30-31H,9H2,1-3H3,(H6,21,22,23,24,25,26,28)/p+1/t11-,12?,13-,19-/m0/s1. The number of nitrogens with two attached hydrogens (primary N) is 2. The summed E-state index contributed by atoms with van der Waals surface area (Å²) in [5.41, 5.74) is 9.96. The Morgan fingerprint density at radius 3 is 2.53 bits per heavy atom. The summed E-state index contributed by atoms with van der Waals surface area (Å²) in [6, 6.07) is 6.00. The van der Waals surface area contributed by atoms with Crippen molar-refractivity contribution in [1.82, 2.24) is 16.0 Å². The van der Waals surface area contributed by atoms with Crippen molar-refractivity contribution >= 4 is 23.8 Å². The molecule has 4 atom stereocenters. The molecule has 1 fully saturated rings. The van der Waals surface area contributed by atoms with Crippen LogP contribution < -0.4 is 27.4 Å². The van der Waals surface area contributed by atoms with Gasteiger partial charge in [-0.1, -0.05) is 18.2 Å². The van der Waals surface area contributed by atoms with Gasteiger partial charge in [-0.3, -0.25) is 15.8 Å². The highest BCUT2D eigenvalue weighted by Gasteiger charge is 2.76. The van der Waals surface area contributed by atoms with Crippen molar-refractivity contribution in [2.24, 2.45) is 16.5 Å². The zero-order valence-corrected chi connectivity index (χ0v) is 18.0.